The quantitative estimate of drug-likeness (QED) is 0.503. The van der Waals surface area contributed by atoms with Crippen molar-refractivity contribution in [3.05, 3.63) is 32.4 Å². The van der Waals surface area contributed by atoms with Crippen molar-refractivity contribution >= 4 is 26.9 Å². The van der Waals surface area contributed by atoms with Gasteiger partial charge in [-0.1, -0.05) is 0 Å². The molecule has 1 rings (SSSR count). The molecule has 0 unspecified atom stereocenters. The van der Waals surface area contributed by atoms with Crippen LogP contribution in [0.4, 0.5) is 30.2 Å². The van der Waals surface area contributed by atoms with Crippen LogP contribution < -0.4 is 5.73 Å². The van der Waals surface area contributed by atoms with Gasteiger partial charge in [0.15, 0.2) is 0 Å². The van der Waals surface area contributed by atoms with Gasteiger partial charge in [-0.05, 0) is 0 Å². The van der Waals surface area contributed by atoms with Crippen LogP contribution in [0.1, 0.15) is 0 Å². The molecule has 0 heterocycles. The highest BCUT2D eigenvalue weighted by Crippen LogP contribution is 2.39. The molecule has 0 aromatic heterocycles. The lowest BCUT2D eigenvalue weighted by molar-refractivity contribution is -0.393. The van der Waals surface area contributed by atoms with Crippen molar-refractivity contribution in [2.24, 2.45) is 0 Å². The number of non-ortho nitro benzene ring substituents is 1. The minimum atomic E-state index is -6.05. The molecule has 13 heteroatoms. The van der Waals surface area contributed by atoms with Gasteiger partial charge in [0, 0.05) is 6.07 Å². The van der Waals surface area contributed by atoms with Gasteiger partial charge in [0.05, 0.1) is 15.9 Å². The molecule has 0 spiro atoms. The third-order valence-electron chi connectivity index (χ3n) is 2.11. The zero-order chi connectivity index (χ0) is 15.9. The number of alkyl halides is 3. The summed E-state index contributed by atoms with van der Waals surface area (Å²) in [6.07, 6.45) is 0. The smallest absolute Gasteiger partial charge is 0.392 e. The summed E-state index contributed by atoms with van der Waals surface area (Å²) in [6.45, 7) is 0. The summed E-state index contributed by atoms with van der Waals surface area (Å²) in [5, 5.41) is 21.0. The summed E-state index contributed by atoms with van der Waals surface area (Å²) >= 11 is 0. The summed E-state index contributed by atoms with van der Waals surface area (Å²) < 4.78 is 59.5. The number of nitrogen functional groups attached to an aromatic ring is 1. The molecule has 0 amide bonds. The van der Waals surface area contributed by atoms with E-state index in [0.717, 1.165) is 0 Å². The number of hydrogen-bond acceptors (Lipinski definition) is 7. The lowest BCUT2D eigenvalue weighted by atomic mass is 10.2. The standard InChI is InChI=1S/C7H4F3N3O6S/c8-7(9,10)20(18,19)5-2-3(12(14)15)1-4(6(5)11)13(16)17/h1-2H,11H2. The Hall–Kier alpha value is -2.44. The molecule has 0 aliphatic carbocycles. The normalized spacial score (nSPS) is 12.2. The molecule has 0 saturated heterocycles. The molecule has 0 fully saturated rings. The Kier molecular flexibility index (Phi) is 3.58. The Balaban J connectivity index is 3.81. The molecule has 0 atom stereocenters. The fourth-order valence-electron chi connectivity index (χ4n) is 1.20. The molecule has 110 valence electrons. The van der Waals surface area contributed by atoms with Gasteiger partial charge < -0.3 is 5.73 Å². The van der Waals surface area contributed by atoms with E-state index in [2.05, 4.69) is 0 Å². The summed E-state index contributed by atoms with van der Waals surface area (Å²) in [7, 11) is -6.05. The zero-order valence-electron chi connectivity index (χ0n) is 9.12. The van der Waals surface area contributed by atoms with Gasteiger partial charge in [0.1, 0.15) is 10.6 Å². The summed E-state index contributed by atoms with van der Waals surface area (Å²) in [6, 6.07) is 0.288. The largest absolute Gasteiger partial charge is 0.501 e. The van der Waals surface area contributed by atoms with E-state index in [1.807, 2.05) is 0 Å². The average Bonchev–Trinajstić information content (AvgIpc) is 2.26. The first-order valence-electron chi connectivity index (χ1n) is 4.43. The molecule has 0 aliphatic rings. The first-order chi connectivity index (χ1) is 8.89. The maximum atomic E-state index is 12.4. The molecular formula is C7H4F3N3O6S. The molecule has 2 N–H and O–H groups in total. The van der Waals surface area contributed by atoms with Crippen LogP contribution in [0.3, 0.4) is 0 Å². The Labute approximate surface area is 108 Å². The van der Waals surface area contributed by atoms with Crippen LogP contribution in [-0.2, 0) is 9.84 Å². The third-order valence-corrected chi connectivity index (χ3v) is 3.63. The van der Waals surface area contributed by atoms with Crippen LogP contribution in [0.25, 0.3) is 0 Å². The van der Waals surface area contributed by atoms with E-state index in [4.69, 9.17) is 5.73 Å². The number of sulfone groups is 1. The number of halogens is 3. The van der Waals surface area contributed by atoms with Gasteiger partial charge in [-0.2, -0.15) is 13.2 Å². The fourth-order valence-corrected chi connectivity index (χ4v) is 2.12. The van der Waals surface area contributed by atoms with Gasteiger partial charge >= 0.3 is 5.51 Å². The number of benzene rings is 1. The number of nitrogens with zero attached hydrogens (tertiary/aromatic N) is 2. The molecule has 1 aromatic rings. The van der Waals surface area contributed by atoms with E-state index in [9.17, 15) is 41.8 Å². The van der Waals surface area contributed by atoms with Crippen LogP contribution in [0.2, 0.25) is 0 Å². The van der Waals surface area contributed by atoms with Gasteiger partial charge in [-0.25, -0.2) is 8.42 Å². The SMILES string of the molecule is Nc1c([N+](=O)[O-])cc([N+](=O)[O-])cc1S(=O)(=O)C(F)(F)F. The number of anilines is 1. The predicted octanol–water partition coefficient (Wildman–Crippen LogP) is 1.38. The lowest BCUT2D eigenvalue weighted by Gasteiger charge is -2.10. The highest BCUT2D eigenvalue weighted by atomic mass is 32.2. The highest BCUT2D eigenvalue weighted by Gasteiger charge is 2.49. The number of nitro benzene ring substituents is 2. The maximum Gasteiger partial charge on any atom is 0.501 e. The number of nitrogens with two attached hydrogens (primary N) is 1. The molecule has 0 saturated carbocycles. The second kappa shape index (κ2) is 4.59. The number of hydrogen-bond donors (Lipinski definition) is 1. The van der Waals surface area contributed by atoms with Gasteiger partial charge in [0.25, 0.3) is 21.2 Å². The Morgan fingerprint density at radius 2 is 1.60 bits per heavy atom. The van der Waals surface area contributed by atoms with Gasteiger partial charge in [-0.3, -0.25) is 20.2 Å². The Bertz CT molecular complexity index is 698. The summed E-state index contributed by atoms with van der Waals surface area (Å²) in [5.41, 5.74) is -4.63. The van der Waals surface area contributed by atoms with Crippen LogP contribution in [-0.4, -0.2) is 23.8 Å². The predicted molar refractivity (Wildman–Crippen MR) is 57.4 cm³/mol. The topological polar surface area (TPSA) is 146 Å². The van der Waals surface area contributed by atoms with Crippen molar-refractivity contribution in [1.82, 2.24) is 0 Å². The molecular weight excluding hydrogens is 311 g/mol. The third kappa shape index (κ3) is 2.47. The van der Waals surface area contributed by atoms with Crippen LogP contribution in [0.15, 0.2) is 17.0 Å². The van der Waals surface area contributed by atoms with E-state index >= 15 is 0 Å². The molecule has 0 radical (unpaired) electrons. The monoisotopic (exact) mass is 315 g/mol. The summed E-state index contributed by atoms with van der Waals surface area (Å²) in [4.78, 5) is 16.7. The van der Waals surface area contributed by atoms with Crippen LogP contribution in [0, 0.1) is 20.2 Å². The number of nitro groups is 2. The van der Waals surface area contributed by atoms with Crippen LogP contribution >= 0.6 is 0 Å². The van der Waals surface area contributed by atoms with Crippen molar-refractivity contribution in [2.75, 3.05) is 5.73 Å². The van der Waals surface area contributed by atoms with Crippen molar-refractivity contribution < 1.29 is 31.4 Å². The Morgan fingerprint density at radius 1 is 1.10 bits per heavy atom. The van der Waals surface area contributed by atoms with Crippen molar-refractivity contribution in [1.29, 1.82) is 0 Å². The first kappa shape index (κ1) is 15.6. The van der Waals surface area contributed by atoms with Crippen LogP contribution in [0.5, 0.6) is 0 Å². The van der Waals surface area contributed by atoms with Crippen molar-refractivity contribution in [2.45, 2.75) is 10.4 Å². The second-order valence-electron chi connectivity index (χ2n) is 3.34. The minimum absolute atomic E-state index is 0.0190. The average molecular weight is 315 g/mol. The molecule has 20 heavy (non-hydrogen) atoms. The van der Waals surface area contributed by atoms with Gasteiger partial charge in [0.2, 0.25) is 0 Å². The van der Waals surface area contributed by atoms with Crippen molar-refractivity contribution in [3.8, 4) is 0 Å². The fraction of sp³-hybridized carbons (Fsp3) is 0.143. The Morgan fingerprint density at radius 3 is 1.95 bits per heavy atom. The number of rotatable bonds is 3. The zero-order valence-corrected chi connectivity index (χ0v) is 9.93. The summed E-state index contributed by atoms with van der Waals surface area (Å²) in [5.74, 6) is 0. The molecule has 1 aromatic carbocycles. The maximum absolute atomic E-state index is 12.4. The second-order valence-corrected chi connectivity index (χ2v) is 5.25. The van der Waals surface area contributed by atoms with Crippen molar-refractivity contribution in [3.63, 3.8) is 0 Å². The van der Waals surface area contributed by atoms with E-state index in [-0.39, 0.29) is 12.1 Å². The molecule has 0 bridgehead atoms. The van der Waals surface area contributed by atoms with E-state index < -0.39 is 47.1 Å². The first-order valence-corrected chi connectivity index (χ1v) is 5.91. The minimum Gasteiger partial charge on any atom is -0.392 e. The van der Waals surface area contributed by atoms with Gasteiger partial charge in [-0.15, -0.1) is 0 Å². The lowest BCUT2D eigenvalue weighted by Crippen LogP contribution is -2.24. The van der Waals surface area contributed by atoms with E-state index in [1.54, 1.807) is 0 Å². The molecule has 0 aliphatic heterocycles. The highest BCUT2D eigenvalue weighted by molar-refractivity contribution is 7.92. The molecule has 9 nitrogen and oxygen atoms in total. The van der Waals surface area contributed by atoms with E-state index in [0.29, 0.717) is 0 Å². The van der Waals surface area contributed by atoms with E-state index in [1.165, 1.54) is 0 Å².